The van der Waals surface area contributed by atoms with Crippen LogP contribution in [-0.4, -0.2) is 10.8 Å². The maximum absolute atomic E-state index is 11.4. The summed E-state index contributed by atoms with van der Waals surface area (Å²) in [5, 5.41) is 8.63. The predicted octanol–water partition coefficient (Wildman–Crippen LogP) is 2.46. The van der Waals surface area contributed by atoms with Crippen molar-refractivity contribution >= 4 is 5.91 Å². The molecule has 0 aliphatic carbocycles. The number of nitrogens with zero attached hydrogens (tertiary/aromatic N) is 2. The van der Waals surface area contributed by atoms with Gasteiger partial charge < -0.3 is 0 Å². The third-order valence-electron chi connectivity index (χ3n) is 2.19. The van der Waals surface area contributed by atoms with E-state index >= 15 is 0 Å². The van der Waals surface area contributed by atoms with Crippen molar-refractivity contribution in [1.29, 1.82) is 5.26 Å². The minimum atomic E-state index is -0.183. The van der Waals surface area contributed by atoms with Gasteiger partial charge in [-0.3, -0.25) is 4.79 Å². The molecule has 0 fully saturated rings. The first-order valence-electron chi connectivity index (χ1n) is 5.03. The quantitative estimate of drug-likeness (QED) is 0.606. The van der Waals surface area contributed by atoms with E-state index in [9.17, 15) is 4.79 Å². The van der Waals surface area contributed by atoms with Gasteiger partial charge in [0.1, 0.15) is 0 Å². The Balaban J connectivity index is 0.000000531. The number of hydrogen-bond donors (Lipinski definition) is 0. The Labute approximate surface area is 89.9 Å². The van der Waals surface area contributed by atoms with Crippen LogP contribution in [0.25, 0.3) is 0 Å². The molecule has 15 heavy (non-hydrogen) atoms. The van der Waals surface area contributed by atoms with Crippen LogP contribution in [0.2, 0.25) is 0 Å². The molecule has 0 N–H and O–H groups in total. The summed E-state index contributed by atoms with van der Waals surface area (Å²) >= 11 is 0. The van der Waals surface area contributed by atoms with Gasteiger partial charge in [-0.2, -0.15) is 5.26 Å². The summed E-state index contributed by atoms with van der Waals surface area (Å²) in [4.78, 5) is 12.6. The zero-order chi connectivity index (χ0) is 11.4. The number of nitriles is 1. The normalized spacial score (nSPS) is 12.7. The van der Waals surface area contributed by atoms with Crippen LogP contribution in [0.15, 0.2) is 18.2 Å². The van der Waals surface area contributed by atoms with Gasteiger partial charge in [-0.05, 0) is 18.6 Å². The fourth-order valence-electron chi connectivity index (χ4n) is 1.53. The molecule has 3 heteroatoms. The molecule has 1 aromatic rings. The lowest BCUT2D eigenvalue weighted by atomic mass is 10.1. The first-order valence-corrected chi connectivity index (χ1v) is 5.03. The number of rotatable bonds is 0. The second-order valence-electron chi connectivity index (χ2n) is 3.15. The van der Waals surface area contributed by atoms with Gasteiger partial charge >= 0.3 is 0 Å². The van der Waals surface area contributed by atoms with E-state index in [-0.39, 0.29) is 5.91 Å². The molecule has 1 aliphatic rings. The Morgan fingerprint density at radius 3 is 2.67 bits per heavy atom. The highest BCUT2D eigenvalue weighted by atomic mass is 16.2. The van der Waals surface area contributed by atoms with Crippen molar-refractivity contribution in [2.24, 2.45) is 0 Å². The Morgan fingerprint density at radius 1 is 1.40 bits per heavy atom. The molecule has 0 saturated carbocycles. The molecule has 0 atom stereocenters. The van der Waals surface area contributed by atoms with E-state index in [1.807, 2.05) is 39.1 Å². The number of benzene rings is 1. The topological polar surface area (TPSA) is 44.1 Å². The molecule has 1 aromatic carbocycles. The number of fused-ring (bicyclic) bond motifs is 1. The van der Waals surface area contributed by atoms with Gasteiger partial charge in [0, 0.05) is 5.56 Å². The van der Waals surface area contributed by atoms with E-state index in [0.717, 1.165) is 11.1 Å². The van der Waals surface area contributed by atoms with Crippen molar-refractivity contribution < 1.29 is 4.79 Å². The molecule has 0 spiro atoms. The lowest BCUT2D eigenvalue weighted by molar-refractivity contribution is 0.0851. The molecule has 0 unspecified atom stereocenters. The van der Waals surface area contributed by atoms with Gasteiger partial charge in [-0.1, -0.05) is 31.5 Å². The van der Waals surface area contributed by atoms with Gasteiger partial charge in [0.05, 0.1) is 6.54 Å². The van der Waals surface area contributed by atoms with E-state index < -0.39 is 0 Å². The number of carbonyl (C=O) groups excluding carboxylic acids is 1. The summed E-state index contributed by atoms with van der Waals surface area (Å²) in [6.07, 6.45) is 1.86. The van der Waals surface area contributed by atoms with Crippen LogP contribution < -0.4 is 0 Å². The monoisotopic (exact) mass is 202 g/mol. The maximum Gasteiger partial charge on any atom is 0.267 e. The number of aryl methyl sites for hydroxylation is 1. The Bertz CT molecular complexity index is 418. The molecule has 3 nitrogen and oxygen atoms in total. The largest absolute Gasteiger partial charge is 0.268 e. The van der Waals surface area contributed by atoms with Crippen LogP contribution in [-0.2, 0) is 6.54 Å². The maximum atomic E-state index is 11.4. The van der Waals surface area contributed by atoms with Crippen molar-refractivity contribution in [1.82, 2.24) is 4.90 Å². The lowest BCUT2D eigenvalue weighted by Gasteiger charge is -1.99. The van der Waals surface area contributed by atoms with E-state index in [4.69, 9.17) is 5.26 Å². The molecule has 78 valence electrons. The lowest BCUT2D eigenvalue weighted by Crippen LogP contribution is -2.16. The van der Waals surface area contributed by atoms with Crippen molar-refractivity contribution in [3.05, 3.63) is 34.9 Å². The minimum Gasteiger partial charge on any atom is -0.268 e. The molecule has 2 rings (SSSR count). The Morgan fingerprint density at radius 2 is 2.07 bits per heavy atom. The van der Waals surface area contributed by atoms with Gasteiger partial charge in [0.25, 0.3) is 5.91 Å². The highest BCUT2D eigenvalue weighted by Gasteiger charge is 2.26. The van der Waals surface area contributed by atoms with Crippen LogP contribution >= 0.6 is 0 Å². The third kappa shape index (κ3) is 1.99. The fourth-order valence-corrected chi connectivity index (χ4v) is 1.53. The molecule has 0 radical (unpaired) electrons. The van der Waals surface area contributed by atoms with Gasteiger partial charge in [0.15, 0.2) is 6.19 Å². The van der Waals surface area contributed by atoms with E-state index in [1.54, 1.807) is 6.07 Å². The van der Waals surface area contributed by atoms with Gasteiger partial charge in [0.2, 0.25) is 0 Å². The highest BCUT2D eigenvalue weighted by molar-refractivity contribution is 5.99. The molecule has 0 aromatic heterocycles. The van der Waals surface area contributed by atoms with Crippen LogP contribution in [0.3, 0.4) is 0 Å². The van der Waals surface area contributed by atoms with Crippen molar-refractivity contribution in [2.75, 3.05) is 0 Å². The molecular weight excluding hydrogens is 188 g/mol. The second kappa shape index (κ2) is 4.61. The summed E-state index contributed by atoms with van der Waals surface area (Å²) in [5.41, 5.74) is 2.73. The van der Waals surface area contributed by atoms with Crippen molar-refractivity contribution in [3.63, 3.8) is 0 Å². The van der Waals surface area contributed by atoms with Crippen LogP contribution in [0.5, 0.6) is 0 Å². The van der Waals surface area contributed by atoms with Gasteiger partial charge in [-0.25, -0.2) is 4.90 Å². The Kier molecular flexibility index (Phi) is 3.46. The smallest absolute Gasteiger partial charge is 0.267 e. The first-order chi connectivity index (χ1) is 7.22. The standard InChI is InChI=1S/C10H8N2O.C2H6/c1-7-2-3-9-8(4-7)5-12(6-11)10(9)13;1-2/h2-4H,5H2,1H3;1-2H3. The highest BCUT2D eigenvalue weighted by Crippen LogP contribution is 2.22. The molecule has 0 bridgehead atoms. The SMILES string of the molecule is CC.Cc1ccc2c(c1)CN(C#N)C2=O. The molecule has 1 aliphatic heterocycles. The zero-order valence-electron chi connectivity index (χ0n) is 9.24. The third-order valence-corrected chi connectivity index (χ3v) is 2.19. The molecule has 1 amide bonds. The summed E-state index contributed by atoms with van der Waals surface area (Å²) in [6.45, 7) is 6.39. The molecular formula is C12H14N2O. The average molecular weight is 202 g/mol. The van der Waals surface area contributed by atoms with Crippen molar-refractivity contribution in [3.8, 4) is 6.19 Å². The summed E-state index contributed by atoms with van der Waals surface area (Å²) in [7, 11) is 0. The summed E-state index contributed by atoms with van der Waals surface area (Å²) in [5.74, 6) is -0.183. The van der Waals surface area contributed by atoms with Crippen LogP contribution in [0.1, 0.15) is 35.3 Å². The van der Waals surface area contributed by atoms with Gasteiger partial charge in [-0.15, -0.1) is 0 Å². The zero-order valence-corrected chi connectivity index (χ0v) is 9.24. The second-order valence-corrected chi connectivity index (χ2v) is 3.15. The number of hydrogen-bond acceptors (Lipinski definition) is 2. The molecule has 0 saturated heterocycles. The molecule has 1 heterocycles. The van der Waals surface area contributed by atoms with E-state index in [0.29, 0.717) is 12.1 Å². The average Bonchev–Trinajstić information content (AvgIpc) is 2.58. The fraction of sp³-hybridized carbons (Fsp3) is 0.333. The predicted molar refractivity (Wildman–Crippen MR) is 58.0 cm³/mol. The summed E-state index contributed by atoms with van der Waals surface area (Å²) in [6, 6.07) is 5.62. The van der Waals surface area contributed by atoms with Crippen molar-refractivity contribution in [2.45, 2.75) is 27.3 Å². The van der Waals surface area contributed by atoms with E-state index in [1.165, 1.54) is 4.90 Å². The number of carbonyl (C=O) groups is 1. The van der Waals surface area contributed by atoms with E-state index in [2.05, 4.69) is 0 Å². The minimum absolute atomic E-state index is 0.183. The summed E-state index contributed by atoms with van der Waals surface area (Å²) < 4.78 is 0. The Hall–Kier alpha value is -1.82. The van der Waals surface area contributed by atoms with Crippen LogP contribution in [0.4, 0.5) is 0 Å². The number of amides is 1. The first kappa shape index (κ1) is 11.3. The van der Waals surface area contributed by atoms with Crippen LogP contribution in [0, 0.1) is 18.4 Å².